The van der Waals surface area contributed by atoms with Gasteiger partial charge in [-0.25, -0.2) is 4.79 Å². The molecule has 30 heavy (non-hydrogen) atoms. The third-order valence-electron chi connectivity index (χ3n) is 7.30. The summed E-state index contributed by atoms with van der Waals surface area (Å²) < 4.78 is 5.09. The van der Waals surface area contributed by atoms with E-state index in [2.05, 4.69) is 33.0 Å². The van der Waals surface area contributed by atoms with E-state index in [4.69, 9.17) is 4.74 Å². The first-order valence-electron chi connectivity index (χ1n) is 11.8. The molecule has 0 spiro atoms. The van der Waals surface area contributed by atoms with Crippen LogP contribution in [0.1, 0.15) is 99.9 Å². The van der Waals surface area contributed by atoms with Crippen LogP contribution in [0.3, 0.4) is 0 Å². The molecule has 1 aromatic heterocycles. The van der Waals surface area contributed by atoms with E-state index in [0.29, 0.717) is 16.5 Å². The zero-order valence-electron chi connectivity index (χ0n) is 19.4. The molecule has 5 heteroatoms. The van der Waals surface area contributed by atoms with Crippen molar-refractivity contribution < 1.29 is 14.3 Å². The first kappa shape index (κ1) is 23.3. The van der Waals surface area contributed by atoms with Gasteiger partial charge in [0.2, 0.25) is 5.91 Å². The van der Waals surface area contributed by atoms with Crippen molar-refractivity contribution in [2.45, 2.75) is 91.9 Å². The van der Waals surface area contributed by atoms with Crippen LogP contribution < -0.4 is 5.32 Å². The van der Waals surface area contributed by atoms with E-state index in [1.54, 1.807) is 11.3 Å². The summed E-state index contributed by atoms with van der Waals surface area (Å²) in [5.74, 6) is 1.20. The summed E-state index contributed by atoms with van der Waals surface area (Å²) in [6.07, 6.45) is 11.0. The number of unbranched alkanes of at least 4 members (excludes halogenated alkanes) is 1. The maximum absolute atomic E-state index is 13.0. The van der Waals surface area contributed by atoms with Gasteiger partial charge in [0.15, 0.2) is 0 Å². The standard InChI is InChI=1S/C25H39NO3S/c1-6-7-8-16-9-11-17(12-10-16)22(27)26-23-21(24(28)29-5)19-14-13-18(25(2,3)4)15-20(19)30-23/h16-18H,6-15H2,1-5H3,(H,26,27). The number of carbonyl (C=O) groups excluding carboxylic acids is 2. The highest BCUT2D eigenvalue weighted by atomic mass is 32.1. The Kier molecular flexibility index (Phi) is 7.65. The number of fused-ring (bicyclic) bond motifs is 1. The Hall–Kier alpha value is -1.36. The maximum Gasteiger partial charge on any atom is 0.341 e. The zero-order valence-corrected chi connectivity index (χ0v) is 20.3. The Balaban J connectivity index is 1.72. The van der Waals surface area contributed by atoms with E-state index in [0.717, 1.165) is 56.4 Å². The number of ether oxygens (including phenoxy) is 1. The molecule has 1 heterocycles. The van der Waals surface area contributed by atoms with Crippen molar-refractivity contribution >= 4 is 28.2 Å². The fourth-order valence-corrected chi connectivity index (χ4v) is 6.47. The highest BCUT2D eigenvalue weighted by Gasteiger charge is 2.35. The molecule has 0 radical (unpaired) electrons. The highest BCUT2D eigenvalue weighted by Crippen LogP contribution is 2.45. The van der Waals surface area contributed by atoms with Gasteiger partial charge in [-0.15, -0.1) is 11.3 Å². The second-order valence-corrected chi connectivity index (χ2v) is 11.5. The number of hydrogen-bond acceptors (Lipinski definition) is 4. The van der Waals surface area contributed by atoms with Gasteiger partial charge in [0.05, 0.1) is 12.7 Å². The second kappa shape index (κ2) is 9.84. The second-order valence-electron chi connectivity index (χ2n) is 10.4. The molecule has 0 bridgehead atoms. The number of nitrogens with one attached hydrogen (secondary N) is 1. The Labute approximate surface area is 186 Å². The average molecular weight is 434 g/mol. The van der Waals surface area contributed by atoms with E-state index < -0.39 is 0 Å². The van der Waals surface area contributed by atoms with Crippen molar-refractivity contribution in [2.75, 3.05) is 12.4 Å². The quantitative estimate of drug-likeness (QED) is 0.513. The molecule has 0 aromatic carbocycles. The summed E-state index contributed by atoms with van der Waals surface area (Å²) in [5, 5.41) is 3.85. The van der Waals surface area contributed by atoms with Gasteiger partial charge in [0, 0.05) is 10.8 Å². The van der Waals surface area contributed by atoms with Gasteiger partial charge in [0.1, 0.15) is 5.00 Å². The molecule has 0 aliphatic heterocycles. The van der Waals surface area contributed by atoms with Crippen molar-refractivity contribution in [3.8, 4) is 0 Å². The fraction of sp³-hybridized carbons (Fsp3) is 0.760. The van der Waals surface area contributed by atoms with Crippen LogP contribution in [0.2, 0.25) is 0 Å². The summed E-state index contributed by atoms with van der Waals surface area (Å²) in [6.45, 7) is 9.10. The number of amides is 1. The first-order chi connectivity index (χ1) is 14.2. The Morgan fingerprint density at radius 2 is 1.83 bits per heavy atom. The van der Waals surface area contributed by atoms with Crippen LogP contribution in [0.4, 0.5) is 5.00 Å². The van der Waals surface area contributed by atoms with Crippen molar-refractivity contribution in [1.82, 2.24) is 0 Å². The van der Waals surface area contributed by atoms with Gasteiger partial charge in [0.25, 0.3) is 0 Å². The Bertz CT molecular complexity index is 753. The normalized spacial score (nSPS) is 24.2. The van der Waals surface area contributed by atoms with Crippen LogP contribution in [-0.2, 0) is 22.4 Å². The van der Waals surface area contributed by atoms with Crippen LogP contribution >= 0.6 is 11.3 Å². The third kappa shape index (κ3) is 5.27. The molecule has 1 atom stereocenters. The Morgan fingerprint density at radius 3 is 2.43 bits per heavy atom. The molecule has 1 unspecified atom stereocenters. The van der Waals surface area contributed by atoms with Crippen molar-refractivity contribution in [3.63, 3.8) is 0 Å². The summed E-state index contributed by atoms with van der Waals surface area (Å²) >= 11 is 1.60. The molecule has 1 saturated carbocycles. The van der Waals surface area contributed by atoms with E-state index in [1.165, 1.54) is 31.2 Å². The Morgan fingerprint density at radius 1 is 1.13 bits per heavy atom. The maximum atomic E-state index is 13.0. The summed E-state index contributed by atoms with van der Waals surface area (Å²) in [4.78, 5) is 26.9. The van der Waals surface area contributed by atoms with Crippen LogP contribution in [-0.4, -0.2) is 19.0 Å². The zero-order chi connectivity index (χ0) is 21.9. The van der Waals surface area contributed by atoms with E-state index in [1.807, 2.05) is 0 Å². The highest BCUT2D eigenvalue weighted by molar-refractivity contribution is 7.17. The smallest absolute Gasteiger partial charge is 0.341 e. The van der Waals surface area contributed by atoms with Crippen molar-refractivity contribution in [1.29, 1.82) is 0 Å². The lowest BCUT2D eigenvalue weighted by molar-refractivity contribution is -0.121. The largest absolute Gasteiger partial charge is 0.465 e. The SMILES string of the molecule is CCCCC1CCC(C(=O)Nc2sc3c(c2C(=O)OC)CCC(C(C)(C)C)C3)CC1. The van der Waals surface area contributed by atoms with Crippen LogP contribution in [0.15, 0.2) is 0 Å². The number of rotatable bonds is 6. The lowest BCUT2D eigenvalue weighted by atomic mass is 9.72. The molecule has 1 N–H and O–H groups in total. The number of hydrogen-bond donors (Lipinski definition) is 1. The molecule has 4 nitrogen and oxygen atoms in total. The fourth-order valence-electron chi connectivity index (χ4n) is 5.15. The van der Waals surface area contributed by atoms with Crippen LogP contribution in [0.5, 0.6) is 0 Å². The lowest BCUT2D eigenvalue weighted by Crippen LogP contribution is -2.28. The number of carbonyl (C=O) groups is 2. The number of anilines is 1. The van der Waals surface area contributed by atoms with Crippen molar-refractivity contribution in [3.05, 3.63) is 16.0 Å². The van der Waals surface area contributed by atoms with Crippen LogP contribution in [0, 0.1) is 23.2 Å². The molecule has 1 amide bonds. The summed E-state index contributed by atoms with van der Waals surface area (Å²) in [5.41, 5.74) is 1.95. The molecule has 2 aliphatic rings. The molecule has 168 valence electrons. The van der Waals surface area contributed by atoms with Gasteiger partial charge >= 0.3 is 5.97 Å². The first-order valence-corrected chi connectivity index (χ1v) is 12.6. The van der Waals surface area contributed by atoms with E-state index in [-0.39, 0.29) is 23.2 Å². The number of esters is 1. The average Bonchev–Trinajstić information content (AvgIpc) is 3.08. The predicted molar refractivity (Wildman–Crippen MR) is 124 cm³/mol. The van der Waals surface area contributed by atoms with Crippen LogP contribution in [0.25, 0.3) is 0 Å². The third-order valence-corrected chi connectivity index (χ3v) is 8.47. The molecule has 2 aliphatic carbocycles. The minimum absolute atomic E-state index is 0.0647. The van der Waals surface area contributed by atoms with Gasteiger partial charge in [-0.3, -0.25) is 4.79 Å². The number of thiophene rings is 1. The summed E-state index contributed by atoms with van der Waals surface area (Å²) in [7, 11) is 1.43. The monoisotopic (exact) mass is 433 g/mol. The number of methoxy groups -OCH3 is 1. The van der Waals surface area contributed by atoms with Gasteiger partial charge in [-0.2, -0.15) is 0 Å². The van der Waals surface area contributed by atoms with Gasteiger partial charge < -0.3 is 10.1 Å². The minimum atomic E-state index is -0.319. The van der Waals surface area contributed by atoms with Gasteiger partial charge in [-0.1, -0.05) is 47.0 Å². The topological polar surface area (TPSA) is 55.4 Å². The molecular formula is C25H39NO3S. The minimum Gasteiger partial charge on any atom is -0.465 e. The summed E-state index contributed by atoms with van der Waals surface area (Å²) in [6, 6.07) is 0. The lowest BCUT2D eigenvalue weighted by Gasteiger charge is -2.33. The molecule has 0 saturated heterocycles. The molecule has 1 aromatic rings. The van der Waals surface area contributed by atoms with Crippen molar-refractivity contribution in [2.24, 2.45) is 23.2 Å². The van der Waals surface area contributed by atoms with E-state index in [9.17, 15) is 9.59 Å². The van der Waals surface area contributed by atoms with E-state index >= 15 is 0 Å². The van der Waals surface area contributed by atoms with Gasteiger partial charge in [-0.05, 0) is 67.8 Å². The predicted octanol–water partition coefficient (Wildman–Crippen LogP) is 6.62. The molecule has 3 rings (SSSR count). The molecule has 1 fully saturated rings. The molecular weight excluding hydrogens is 394 g/mol.